The lowest BCUT2D eigenvalue weighted by molar-refractivity contribution is 0.551. The van der Waals surface area contributed by atoms with E-state index in [9.17, 15) is 0 Å². The van der Waals surface area contributed by atoms with Crippen LogP contribution >= 0.6 is 34.9 Å². The van der Waals surface area contributed by atoms with Gasteiger partial charge in [0.05, 0.1) is 0 Å². The molecule has 2 rings (SSSR count). The summed E-state index contributed by atoms with van der Waals surface area (Å²) in [6.45, 7) is 3.24. The summed E-state index contributed by atoms with van der Waals surface area (Å²) < 4.78 is 2.19. The van der Waals surface area contributed by atoms with E-state index in [1.807, 2.05) is 18.0 Å². The molecular formula is C10H17N3S3. The molecule has 1 N–H and O–H groups in total. The highest BCUT2D eigenvalue weighted by molar-refractivity contribution is 8.03. The maximum Gasteiger partial charge on any atom is 0.175 e. The van der Waals surface area contributed by atoms with Crippen molar-refractivity contribution in [1.29, 1.82) is 0 Å². The number of hydrogen-bond acceptors (Lipinski definition) is 6. The molecule has 0 aliphatic heterocycles. The minimum absolute atomic E-state index is 0.664. The number of aromatic nitrogens is 2. The zero-order chi connectivity index (χ0) is 11.4. The summed E-state index contributed by atoms with van der Waals surface area (Å²) in [7, 11) is 0. The first-order chi connectivity index (χ1) is 7.83. The molecule has 6 heteroatoms. The molecule has 1 fully saturated rings. The van der Waals surface area contributed by atoms with Gasteiger partial charge in [-0.3, -0.25) is 0 Å². The Morgan fingerprint density at radius 2 is 2.19 bits per heavy atom. The maximum absolute atomic E-state index is 4.23. The molecule has 0 spiro atoms. The van der Waals surface area contributed by atoms with Crippen molar-refractivity contribution in [3.05, 3.63) is 0 Å². The van der Waals surface area contributed by atoms with Crippen LogP contribution in [0.4, 0.5) is 0 Å². The van der Waals surface area contributed by atoms with Gasteiger partial charge in [-0.1, -0.05) is 48.2 Å². The summed E-state index contributed by atoms with van der Waals surface area (Å²) >= 11 is 5.29. The summed E-state index contributed by atoms with van der Waals surface area (Å²) in [6, 6.07) is 0.664. The normalized spacial score (nSPS) is 25.1. The summed E-state index contributed by atoms with van der Waals surface area (Å²) in [6.07, 6.45) is 5.99. The van der Waals surface area contributed by atoms with Crippen molar-refractivity contribution < 1.29 is 0 Å². The number of nitrogens with one attached hydrogen (secondary N) is 1. The molecule has 16 heavy (non-hydrogen) atoms. The van der Waals surface area contributed by atoms with Crippen molar-refractivity contribution in [2.45, 2.75) is 46.2 Å². The molecule has 1 aromatic heterocycles. The van der Waals surface area contributed by atoms with Crippen LogP contribution in [0.1, 0.15) is 26.2 Å². The average molecular weight is 275 g/mol. The topological polar surface area (TPSA) is 37.8 Å². The Morgan fingerprint density at radius 3 is 2.88 bits per heavy atom. The molecule has 0 radical (unpaired) electrons. The molecule has 0 aromatic carbocycles. The minimum atomic E-state index is 0.664. The Labute approximate surface area is 109 Å². The fraction of sp³-hybridized carbons (Fsp3) is 0.800. The lowest BCUT2D eigenvalue weighted by Crippen LogP contribution is -2.33. The Kier molecular flexibility index (Phi) is 4.94. The molecule has 1 aliphatic carbocycles. The van der Waals surface area contributed by atoms with Crippen molar-refractivity contribution in [3.63, 3.8) is 0 Å². The van der Waals surface area contributed by atoms with E-state index in [4.69, 9.17) is 0 Å². The first-order valence-electron chi connectivity index (χ1n) is 5.61. The molecule has 2 atom stereocenters. The van der Waals surface area contributed by atoms with Crippen LogP contribution in [0.5, 0.6) is 0 Å². The van der Waals surface area contributed by atoms with Gasteiger partial charge in [-0.15, -0.1) is 10.2 Å². The first kappa shape index (κ1) is 12.7. The zero-order valence-corrected chi connectivity index (χ0v) is 12.1. The summed E-state index contributed by atoms with van der Waals surface area (Å²) in [5.74, 6) is 0. The van der Waals surface area contributed by atoms with E-state index in [1.54, 1.807) is 23.1 Å². The van der Waals surface area contributed by atoms with Gasteiger partial charge in [0.2, 0.25) is 0 Å². The molecule has 1 heterocycles. The third-order valence-corrected chi connectivity index (χ3v) is 6.12. The van der Waals surface area contributed by atoms with Gasteiger partial charge in [0.1, 0.15) is 0 Å². The van der Waals surface area contributed by atoms with Crippen LogP contribution in [0.2, 0.25) is 0 Å². The van der Waals surface area contributed by atoms with Crippen molar-refractivity contribution in [1.82, 2.24) is 15.5 Å². The largest absolute Gasteiger partial charge is 0.313 e. The van der Waals surface area contributed by atoms with Crippen LogP contribution in [0.3, 0.4) is 0 Å². The van der Waals surface area contributed by atoms with Crippen LogP contribution in [0, 0.1) is 0 Å². The first-order valence-corrected chi connectivity index (χ1v) is 8.53. The van der Waals surface area contributed by atoms with E-state index >= 15 is 0 Å². The van der Waals surface area contributed by atoms with E-state index in [1.165, 1.54) is 19.3 Å². The van der Waals surface area contributed by atoms with E-state index in [0.717, 1.165) is 15.2 Å². The molecule has 1 aliphatic rings. The predicted molar refractivity (Wildman–Crippen MR) is 72.7 cm³/mol. The smallest absolute Gasteiger partial charge is 0.175 e. The summed E-state index contributed by atoms with van der Waals surface area (Å²) in [5.41, 5.74) is 0. The van der Waals surface area contributed by atoms with Crippen molar-refractivity contribution >= 4 is 34.9 Å². The highest BCUT2D eigenvalue weighted by Crippen LogP contribution is 2.37. The van der Waals surface area contributed by atoms with Gasteiger partial charge in [0.25, 0.3) is 0 Å². The standard InChI is InChI=1S/C10H17N3S3/c1-3-11-7-5-4-6-8(7)15-10-13-12-9(14-2)16-10/h7-8,11H,3-6H2,1-2H3. The quantitative estimate of drug-likeness (QED) is 0.836. The van der Waals surface area contributed by atoms with E-state index in [0.29, 0.717) is 11.3 Å². The maximum atomic E-state index is 4.23. The molecule has 0 bridgehead atoms. The van der Waals surface area contributed by atoms with E-state index < -0.39 is 0 Å². The van der Waals surface area contributed by atoms with Gasteiger partial charge in [-0.2, -0.15) is 0 Å². The SMILES string of the molecule is CCNC1CCCC1Sc1nnc(SC)s1. The minimum Gasteiger partial charge on any atom is -0.313 e. The predicted octanol–water partition coefficient (Wildman–Crippen LogP) is 2.88. The van der Waals surface area contributed by atoms with Crippen LogP contribution in [0.25, 0.3) is 0 Å². The van der Waals surface area contributed by atoms with Crippen LogP contribution in [-0.2, 0) is 0 Å². The van der Waals surface area contributed by atoms with Crippen LogP contribution < -0.4 is 5.32 Å². The Bertz CT molecular complexity index is 329. The van der Waals surface area contributed by atoms with Gasteiger partial charge in [-0.05, 0) is 25.6 Å². The number of hydrogen-bond donors (Lipinski definition) is 1. The van der Waals surface area contributed by atoms with E-state index in [-0.39, 0.29) is 0 Å². The Hall–Kier alpha value is 0.220. The molecular weight excluding hydrogens is 258 g/mol. The molecule has 3 nitrogen and oxygen atoms in total. The molecule has 2 unspecified atom stereocenters. The van der Waals surface area contributed by atoms with Crippen LogP contribution in [0.15, 0.2) is 8.68 Å². The summed E-state index contributed by atoms with van der Waals surface area (Å²) in [4.78, 5) is 0. The Balaban J connectivity index is 1.92. The second-order valence-corrected chi connectivity index (χ2v) is 7.31. The van der Waals surface area contributed by atoms with Crippen LogP contribution in [-0.4, -0.2) is 34.3 Å². The number of thioether (sulfide) groups is 2. The van der Waals surface area contributed by atoms with Crippen molar-refractivity contribution in [3.8, 4) is 0 Å². The Morgan fingerprint density at radius 1 is 1.38 bits per heavy atom. The third kappa shape index (κ3) is 3.12. The number of rotatable bonds is 5. The molecule has 1 aromatic rings. The van der Waals surface area contributed by atoms with Gasteiger partial charge >= 0.3 is 0 Å². The summed E-state index contributed by atoms with van der Waals surface area (Å²) in [5, 5.41) is 12.6. The van der Waals surface area contributed by atoms with Gasteiger partial charge in [-0.25, -0.2) is 0 Å². The highest BCUT2D eigenvalue weighted by Gasteiger charge is 2.28. The van der Waals surface area contributed by atoms with Gasteiger partial charge in [0.15, 0.2) is 8.68 Å². The van der Waals surface area contributed by atoms with Crippen molar-refractivity contribution in [2.24, 2.45) is 0 Å². The molecule has 0 amide bonds. The second kappa shape index (κ2) is 6.23. The fourth-order valence-electron chi connectivity index (χ4n) is 2.02. The molecule has 1 saturated carbocycles. The number of nitrogens with zero attached hydrogens (tertiary/aromatic N) is 2. The lowest BCUT2D eigenvalue weighted by Gasteiger charge is -2.18. The van der Waals surface area contributed by atoms with Crippen molar-refractivity contribution in [2.75, 3.05) is 12.8 Å². The monoisotopic (exact) mass is 275 g/mol. The highest BCUT2D eigenvalue weighted by atomic mass is 32.2. The van der Waals surface area contributed by atoms with Gasteiger partial charge < -0.3 is 5.32 Å². The van der Waals surface area contributed by atoms with Gasteiger partial charge in [0, 0.05) is 11.3 Å². The third-order valence-electron chi connectivity index (χ3n) is 2.73. The average Bonchev–Trinajstić information content (AvgIpc) is 2.90. The zero-order valence-electron chi connectivity index (χ0n) is 9.60. The van der Waals surface area contributed by atoms with E-state index in [2.05, 4.69) is 22.4 Å². The molecule has 0 saturated heterocycles. The lowest BCUT2D eigenvalue weighted by atomic mass is 10.2. The molecule has 90 valence electrons. The fourth-order valence-corrected chi connectivity index (χ4v) is 5.01. The second-order valence-electron chi connectivity index (χ2n) is 3.79.